The molecule has 1 aromatic carbocycles. The van der Waals surface area contributed by atoms with Crippen molar-refractivity contribution in [2.45, 2.75) is 45.1 Å². The third-order valence-electron chi connectivity index (χ3n) is 6.38. The summed E-state index contributed by atoms with van der Waals surface area (Å²) < 4.78 is 92.9. The van der Waals surface area contributed by atoms with Crippen LogP contribution in [0.2, 0.25) is 0 Å². The largest absolute Gasteiger partial charge is 0.573 e. The topological polar surface area (TPSA) is 107 Å². The highest BCUT2D eigenvalue weighted by molar-refractivity contribution is 6.04. The molecule has 42 heavy (non-hydrogen) atoms. The minimum atomic E-state index is -5.17. The Bertz CT molecular complexity index is 1390. The van der Waals surface area contributed by atoms with Gasteiger partial charge >= 0.3 is 18.6 Å². The number of anilines is 1. The summed E-state index contributed by atoms with van der Waals surface area (Å²) >= 11 is 0. The molecule has 9 nitrogen and oxygen atoms in total. The van der Waals surface area contributed by atoms with Crippen LogP contribution in [0.1, 0.15) is 48.1 Å². The predicted molar refractivity (Wildman–Crippen MR) is 135 cm³/mol. The van der Waals surface area contributed by atoms with Gasteiger partial charge in [-0.1, -0.05) is 12.1 Å². The van der Waals surface area contributed by atoms with Gasteiger partial charge in [0.2, 0.25) is 11.7 Å². The van der Waals surface area contributed by atoms with Crippen LogP contribution in [0, 0.1) is 5.92 Å². The van der Waals surface area contributed by atoms with Gasteiger partial charge in [0, 0.05) is 18.8 Å². The van der Waals surface area contributed by atoms with Crippen LogP contribution < -0.4 is 10.1 Å². The molecule has 3 aromatic rings. The van der Waals surface area contributed by atoms with E-state index in [1.54, 1.807) is 17.9 Å². The minimum absolute atomic E-state index is 0.0723. The Morgan fingerprint density at radius 2 is 1.88 bits per heavy atom. The highest BCUT2D eigenvalue weighted by Gasteiger charge is 2.42. The summed E-state index contributed by atoms with van der Waals surface area (Å²) in [6.07, 6.45) is -6.22. The van der Waals surface area contributed by atoms with Crippen molar-refractivity contribution in [3.8, 4) is 17.2 Å². The number of ether oxygens (including phenoxy) is 2. The number of likely N-dealkylation sites (tertiary alicyclic amines) is 1. The van der Waals surface area contributed by atoms with Crippen molar-refractivity contribution < 1.29 is 49.8 Å². The maximum absolute atomic E-state index is 13.7. The number of alkyl halides is 6. The maximum atomic E-state index is 13.7. The molecule has 1 atom stereocenters. The third kappa shape index (κ3) is 7.91. The second-order valence-corrected chi connectivity index (χ2v) is 9.42. The first-order valence-electron chi connectivity index (χ1n) is 12.9. The van der Waals surface area contributed by atoms with E-state index >= 15 is 0 Å². The zero-order valence-electron chi connectivity index (χ0n) is 22.2. The molecule has 1 aliphatic heterocycles. The monoisotopic (exact) mass is 600 g/mol. The number of amides is 2. The van der Waals surface area contributed by atoms with Gasteiger partial charge in [0.05, 0.1) is 24.1 Å². The lowest BCUT2D eigenvalue weighted by atomic mass is 10.0. The molecule has 4 rings (SSSR count). The first-order valence-corrected chi connectivity index (χ1v) is 12.9. The number of nitrogens with zero attached hydrogens (tertiary/aromatic N) is 3. The van der Waals surface area contributed by atoms with E-state index in [1.807, 2.05) is 0 Å². The van der Waals surface area contributed by atoms with Gasteiger partial charge in [-0.2, -0.15) is 13.2 Å². The fourth-order valence-corrected chi connectivity index (χ4v) is 4.50. The molecule has 15 heteroatoms. The van der Waals surface area contributed by atoms with Crippen molar-refractivity contribution in [1.82, 2.24) is 14.9 Å². The molecule has 1 saturated heterocycles. The number of benzene rings is 1. The van der Waals surface area contributed by atoms with Crippen LogP contribution in [0.3, 0.4) is 0 Å². The Hall–Kier alpha value is -4.30. The van der Waals surface area contributed by atoms with Gasteiger partial charge in [0.15, 0.2) is 5.69 Å². The number of carbonyl (C=O) groups excluding carboxylic acids is 2. The quantitative estimate of drug-likeness (QED) is 0.272. The minimum Gasteiger partial charge on any atom is -0.450 e. The lowest BCUT2D eigenvalue weighted by Crippen LogP contribution is -2.29. The Balaban J connectivity index is 1.40. The van der Waals surface area contributed by atoms with E-state index in [-0.39, 0.29) is 11.8 Å². The van der Waals surface area contributed by atoms with E-state index in [2.05, 4.69) is 20.0 Å². The van der Waals surface area contributed by atoms with Crippen molar-refractivity contribution in [1.29, 1.82) is 0 Å². The van der Waals surface area contributed by atoms with Crippen LogP contribution in [0.5, 0.6) is 5.75 Å². The number of halogens is 6. The second-order valence-electron chi connectivity index (χ2n) is 9.42. The molecule has 3 heterocycles. The number of hydrogen-bond donors (Lipinski definition) is 1. The molecular weight excluding hydrogens is 574 g/mol. The molecule has 0 bridgehead atoms. The molecule has 1 fully saturated rings. The standard InChI is InChI=1S/C27H26F6N4O5/c1-2-40-25(39)37-13-12-16(15-37)6-5-7-17-10-11-18(14-34-17)35-23(38)21-22(26(28,29)30)41-24(36-21)19-8-3-4-9-20(19)42-27(31,32)33/h3-4,8-11,14,16H,2,5-7,12-13,15H2,1H3,(H,35,38)/t16-/m0/s1. The van der Waals surface area contributed by atoms with Crippen LogP contribution in [0.15, 0.2) is 47.0 Å². The van der Waals surface area contributed by atoms with Gasteiger partial charge in [-0.05, 0) is 62.8 Å². The highest BCUT2D eigenvalue weighted by Crippen LogP contribution is 2.39. The van der Waals surface area contributed by atoms with Crippen molar-refractivity contribution in [2.24, 2.45) is 5.92 Å². The average Bonchev–Trinajstić information content (AvgIpc) is 3.57. The van der Waals surface area contributed by atoms with Crippen molar-refractivity contribution in [3.05, 3.63) is 59.7 Å². The second kappa shape index (κ2) is 12.7. The fraction of sp³-hybridized carbons (Fsp3) is 0.407. The van der Waals surface area contributed by atoms with Crippen molar-refractivity contribution in [3.63, 3.8) is 0 Å². The number of carbonyl (C=O) groups is 2. The molecule has 0 saturated carbocycles. The molecule has 2 amide bonds. The van der Waals surface area contributed by atoms with Gasteiger partial charge < -0.3 is 24.1 Å². The van der Waals surface area contributed by atoms with E-state index in [0.717, 1.165) is 31.4 Å². The summed E-state index contributed by atoms with van der Waals surface area (Å²) in [4.78, 5) is 34.1. The van der Waals surface area contributed by atoms with Crippen LogP contribution in [-0.2, 0) is 17.3 Å². The van der Waals surface area contributed by atoms with Gasteiger partial charge in [-0.15, -0.1) is 13.2 Å². The summed E-state index contributed by atoms with van der Waals surface area (Å²) in [5.41, 5.74) is -0.939. The number of aromatic nitrogens is 2. The molecule has 0 aliphatic carbocycles. The maximum Gasteiger partial charge on any atom is 0.573 e. The molecule has 1 N–H and O–H groups in total. The lowest BCUT2D eigenvalue weighted by molar-refractivity contribution is -0.274. The Labute approximate surface area is 235 Å². The molecule has 0 radical (unpaired) electrons. The van der Waals surface area contributed by atoms with Gasteiger partial charge in [-0.25, -0.2) is 9.78 Å². The molecule has 2 aromatic heterocycles. The first kappa shape index (κ1) is 30.7. The number of oxazole rings is 1. The summed E-state index contributed by atoms with van der Waals surface area (Å²) in [5.74, 6) is -4.47. The van der Waals surface area contributed by atoms with Crippen molar-refractivity contribution >= 4 is 17.7 Å². The molecular formula is C27H26F6N4O5. The zero-order valence-corrected chi connectivity index (χ0v) is 22.2. The number of para-hydroxylation sites is 1. The van der Waals surface area contributed by atoms with Crippen LogP contribution in [-0.4, -0.2) is 52.9 Å². The Kier molecular flexibility index (Phi) is 9.27. The zero-order chi connectivity index (χ0) is 30.5. The summed E-state index contributed by atoms with van der Waals surface area (Å²) in [5, 5.41) is 2.26. The summed E-state index contributed by atoms with van der Waals surface area (Å²) in [7, 11) is 0. The van der Waals surface area contributed by atoms with Gasteiger partial charge in [0.1, 0.15) is 5.75 Å². The molecule has 0 spiro atoms. The number of pyridine rings is 1. The van der Waals surface area contributed by atoms with E-state index in [9.17, 15) is 35.9 Å². The smallest absolute Gasteiger partial charge is 0.450 e. The van der Waals surface area contributed by atoms with E-state index in [0.29, 0.717) is 37.7 Å². The molecule has 226 valence electrons. The van der Waals surface area contributed by atoms with Crippen LogP contribution in [0.4, 0.5) is 36.8 Å². The lowest BCUT2D eigenvalue weighted by Gasteiger charge is -2.15. The van der Waals surface area contributed by atoms with Crippen LogP contribution >= 0.6 is 0 Å². The summed E-state index contributed by atoms with van der Waals surface area (Å²) in [6.45, 7) is 3.34. The van der Waals surface area contributed by atoms with E-state index in [1.165, 1.54) is 24.4 Å². The molecule has 1 aliphatic rings. The SMILES string of the molecule is CCOC(=O)N1CC[C@H](CCCc2ccc(NC(=O)c3nc(-c4ccccc4OC(F)(F)F)oc3C(F)(F)F)cn2)C1. The number of nitrogens with one attached hydrogen (secondary N) is 1. The predicted octanol–water partition coefficient (Wildman–Crippen LogP) is 6.71. The fourth-order valence-electron chi connectivity index (χ4n) is 4.50. The van der Waals surface area contributed by atoms with E-state index < -0.39 is 47.1 Å². The number of hydrogen-bond acceptors (Lipinski definition) is 7. The first-order chi connectivity index (χ1) is 19.8. The normalized spacial score (nSPS) is 15.5. The number of aryl methyl sites for hydroxylation is 1. The van der Waals surface area contributed by atoms with E-state index in [4.69, 9.17) is 9.15 Å². The highest BCUT2D eigenvalue weighted by atomic mass is 19.4. The Morgan fingerprint density at radius 1 is 1.12 bits per heavy atom. The van der Waals surface area contributed by atoms with Gasteiger partial charge in [-0.3, -0.25) is 9.78 Å². The molecule has 0 unspecified atom stereocenters. The summed E-state index contributed by atoms with van der Waals surface area (Å²) in [6, 6.07) is 7.38. The Morgan fingerprint density at radius 3 is 2.55 bits per heavy atom. The third-order valence-corrected chi connectivity index (χ3v) is 6.38. The van der Waals surface area contributed by atoms with Gasteiger partial charge in [0.25, 0.3) is 5.91 Å². The van der Waals surface area contributed by atoms with Crippen molar-refractivity contribution in [2.75, 3.05) is 25.0 Å². The van der Waals surface area contributed by atoms with Crippen LogP contribution in [0.25, 0.3) is 11.5 Å². The average molecular weight is 601 g/mol. The number of rotatable bonds is 9.